The standard InChI is InChI=1S/C14H27N3O2/c1-16(8-3-7-15)14(18)6-9-17-10-11-19-13-5-2-4-12(13)17/h12-13H,2-11,15H2,1H3. The molecule has 5 nitrogen and oxygen atoms in total. The van der Waals surface area contributed by atoms with Crippen LogP contribution in [0.15, 0.2) is 0 Å². The fourth-order valence-corrected chi connectivity index (χ4v) is 3.17. The average Bonchev–Trinajstić information content (AvgIpc) is 2.90. The highest BCUT2D eigenvalue weighted by atomic mass is 16.5. The van der Waals surface area contributed by atoms with Crippen LogP contribution in [-0.2, 0) is 9.53 Å². The molecule has 1 aliphatic heterocycles. The number of ether oxygens (including phenoxy) is 1. The molecule has 0 radical (unpaired) electrons. The summed E-state index contributed by atoms with van der Waals surface area (Å²) in [6.07, 6.45) is 5.58. The zero-order valence-electron chi connectivity index (χ0n) is 12.0. The SMILES string of the molecule is CN(CCCN)C(=O)CCN1CCOC2CCCC21. The van der Waals surface area contributed by atoms with E-state index in [1.54, 1.807) is 4.90 Å². The Morgan fingerprint density at radius 1 is 1.47 bits per heavy atom. The van der Waals surface area contributed by atoms with Crippen molar-refractivity contribution >= 4 is 5.91 Å². The molecule has 0 spiro atoms. The number of rotatable bonds is 6. The van der Waals surface area contributed by atoms with Crippen LogP contribution in [0.25, 0.3) is 0 Å². The summed E-state index contributed by atoms with van der Waals surface area (Å²) in [5, 5.41) is 0. The highest BCUT2D eigenvalue weighted by molar-refractivity contribution is 5.76. The third-order valence-electron chi connectivity index (χ3n) is 4.33. The third kappa shape index (κ3) is 3.91. The third-order valence-corrected chi connectivity index (χ3v) is 4.33. The minimum absolute atomic E-state index is 0.231. The van der Waals surface area contributed by atoms with E-state index < -0.39 is 0 Å². The van der Waals surface area contributed by atoms with E-state index in [9.17, 15) is 4.79 Å². The van der Waals surface area contributed by atoms with Crippen LogP contribution < -0.4 is 5.73 Å². The van der Waals surface area contributed by atoms with Crippen LogP contribution in [0.1, 0.15) is 32.1 Å². The number of hydrogen-bond acceptors (Lipinski definition) is 4. The van der Waals surface area contributed by atoms with Gasteiger partial charge in [0.1, 0.15) is 0 Å². The number of nitrogens with two attached hydrogens (primary N) is 1. The summed E-state index contributed by atoms with van der Waals surface area (Å²) in [6, 6.07) is 0.552. The predicted octanol–water partition coefficient (Wildman–Crippen LogP) is 0.437. The molecule has 1 amide bonds. The Balaban J connectivity index is 1.73. The number of morpholine rings is 1. The van der Waals surface area contributed by atoms with Gasteiger partial charge in [-0.1, -0.05) is 0 Å². The van der Waals surface area contributed by atoms with Gasteiger partial charge >= 0.3 is 0 Å². The van der Waals surface area contributed by atoms with E-state index in [0.29, 0.717) is 25.1 Å². The molecule has 5 heteroatoms. The molecule has 19 heavy (non-hydrogen) atoms. The van der Waals surface area contributed by atoms with E-state index in [-0.39, 0.29) is 5.91 Å². The van der Waals surface area contributed by atoms with Gasteiger partial charge in [0.05, 0.1) is 12.7 Å². The Hall–Kier alpha value is -0.650. The van der Waals surface area contributed by atoms with Gasteiger partial charge in [-0.25, -0.2) is 0 Å². The first-order valence-electron chi connectivity index (χ1n) is 7.52. The molecule has 1 saturated heterocycles. The van der Waals surface area contributed by atoms with Crippen LogP contribution in [-0.4, -0.2) is 67.7 Å². The quantitative estimate of drug-likeness (QED) is 0.760. The van der Waals surface area contributed by atoms with Crippen LogP contribution in [0.3, 0.4) is 0 Å². The van der Waals surface area contributed by atoms with Gasteiger partial charge in [-0.3, -0.25) is 9.69 Å². The van der Waals surface area contributed by atoms with Crippen LogP contribution in [0.4, 0.5) is 0 Å². The van der Waals surface area contributed by atoms with Crippen molar-refractivity contribution in [2.45, 2.75) is 44.2 Å². The van der Waals surface area contributed by atoms with E-state index in [0.717, 1.165) is 32.7 Å². The first kappa shape index (κ1) is 14.8. The second kappa shape index (κ2) is 7.22. The molecular weight excluding hydrogens is 242 g/mol. The van der Waals surface area contributed by atoms with E-state index in [2.05, 4.69) is 4.90 Å². The Labute approximate surface area is 116 Å². The highest BCUT2D eigenvalue weighted by Gasteiger charge is 2.35. The average molecular weight is 269 g/mol. The largest absolute Gasteiger partial charge is 0.375 e. The van der Waals surface area contributed by atoms with E-state index in [4.69, 9.17) is 10.5 Å². The summed E-state index contributed by atoms with van der Waals surface area (Å²) in [5.41, 5.74) is 5.47. The Morgan fingerprint density at radius 3 is 3.11 bits per heavy atom. The van der Waals surface area contributed by atoms with Crippen molar-refractivity contribution in [2.24, 2.45) is 5.73 Å². The van der Waals surface area contributed by atoms with Crippen molar-refractivity contribution in [3.05, 3.63) is 0 Å². The lowest BCUT2D eigenvalue weighted by atomic mass is 10.1. The second-order valence-electron chi connectivity index (χ2n) is 5.65. The highest BCUT2D eigenvalue weighted by Crippen LogP contribution is 2.29. The number of carbonyl (C=O) groups is 1. The van der Waals surface area contributed by atoms with E-state index in [1.807, 2.05) is 7.05 Å². The maximum Gasteiger partial charge on any atom is 0.223 e. The topological polar surface area (TPSA) is 58.8 Å². The van der Waals surface area contributed by atoms with Crippen LogP contribution in [0.2, 0.25) is 0 Å². The molecule has 0 aromatic rings. The Bertz CT molecular complexity index is 298. The molecule has 1 saturated carbocycles. The Morgan fingerprint density at radius 2 is 2.32 bits per heavy atom. The van der Waals surface area contributed by atoms with Crippen molar-refractivity contribution in [1.82, 2.24) is 9.80 Å². The van der Waals surface area contributed by atoms with Crippen molar-refractivity contribution in [3.8, 4) is 0 Å². The first-order valence-corrected chi connectivity index (χ1v) is 7.52. The molecule has 1 aliphatic carbocycles. The molecule has 110 valence electrons. The first-order chi connectivity index (χ1) is 9.22. The van der Waals surface area contributed by atoms with Crippen LogP contribution in [0.5, 0.6) is 0 Å². The maximum atomic E-state index is 12.0. The molecule has 2 unspecified atom stereocenters. The summed E-state index contributed by atoms with van der Waals surface area (Å²) in [5.74, 6) is 0.231. The smallest absolute Gasteiger partial charge is 0.223 e. The lowest BCUT2D eigenvalue weighted by Gasteiger charge is -2.37. The predicted molar refractivity (Wildman–Crippen MR) is 74.9 cm³/mol. The molecule has 2 atom stereocenters. The van der Waals surface area contributed by atoms with Gasteiger partial charge in [-0.15, -0.1) is 0 Å². The van der Waals surface area contributed by atoms with Crippen molar-refractivity contribution in [2.75, 3.05) is 39.8 Å². The fraction of sp³-hybridized carbons (Fsp3) is 0.929. The van der Waals surface area contributed by atoms with Crippen molar-refractivity contribution < 1.29 is 9.53 Å². The van der Waals surface area contributed by atoms with Gasteiger partial charge in [0.25, 0.3) is 0 Å². The molecule has 2 N–H and O–H groups in total. The Kier molecular flexibility index (Phi) is 5.60. The number of carbonyl (C=O) groups excluding carboxylic acids is 1. The van der Waals surface area contributed by atoms with Gasteiger partial charge in [-0.05, 0) is 32.2 Å². The number of nitrogens with zero attached hydrogens (tertiary/aromatic N) is 2. The molecule has 2 fully saturated rings. The summed E-state index contributed by atoms with van der Waals surface area (Å²) in [4.78, 5) is 16.3. The second-order valence-corrected chi connectivity index (χ2v) is 5.65. The minimum Gasteiger partial charge on any atom is -0.375 e. The molecule has 0 aromatic heterocycles. The van der Waals surface area contributed by atoms with Gasteiger partial charge < -0.3 is 15.4 Å². The van der Waals surface area contributed by atoms with Crippen LogP contribution in [0, 0.1) is 0 Å². The van der Waals surface area contributed by atoms with Gasteiger partial charge in [0.2, 0.25) is 5.91 Å². The zero-order valence-corrected chi connectivity index (χ0v) is 12.0. The number of amides is 1. The van der Waals surface area contributed by atoms with E-state index >= 15 is 0 Å². The van der Waals surface area contributed by atoms with Crippen molar-refractivity contribution in [3.63, 3.8) is 0 Å². The summed E-state index contributed by atoms with van der Waals surface area (Å²) in [6.45, 7) is 4.07. The molecule has 2 aliphatic rings. The minimum atomic E-state index is 0.231. The summed E-state index contributed by atoms with van der Waals surface area (Å²) in [7, 11) is 1.87. The monoisotopic (exact) mass is 269 g/mol. The molecule has 1 heterocycles. The normalized spacial score (nSPS) is 27.3. The molecular formula is C14H27N3O2. The fourth-order valence-electron chi connectivity index (χ4n) is 3.17. The maximum absolute atomic E-state index is 12.0. The van der Waals surface area contributed by atoms with Crippen LogP contribution >= 0.6 is 0 Å². The van der Waals surface area contributed by atoms with Gasteiger partial charge in [-0.2, -0.15) is 0 Å². The van der Waals surface area contributed by atoms with Gasteiger partial charge in [0.15, 0.2) is 0 Å². The summed E-state index contributed by atoms with van der Waals surface area (Å²) < 4.78 is 5.79. The lowest BCUT2D eigenvalue weighted by molar-refractivity contribution is -0.131. The molecule has 0 bridgehead atoms. The number of hydrogen-bond donors (Lipinski definition) is 1. The molecule has 0 aromatic carbocycles. The number of fused-ring (bicyclic) bond motifs is 1. The lowest BCUT2D eigenvalue weighted by Crippen LogP contribution is -2.49. The van der Waals surface area contributed by atoms with Crippen molar-refractivity contribution in [1.29, 1.82) is 0 Å². The summed E-state index contributed by atoms with van der Waals surface area (Å²) >= 11 is 0. The zero-order chi connectivity index (χ0) is 13.7. The molecule has 2 rings (SSSR count). The van der Waals surface area contributed by atoms with E-state index in [1.165, 1.54) is 19.3 Å². The van der Waals surface area contributed by atoms with Gasteiger partial charge in [0, 0.05) is 39.1 Å².